The number of aromatic nitrogens is 1. The summed E-state index contributed by atoms with van der Waals surface area (Å²) < 4.78 is 6.83. The van der Waals surface area contributed by atoms with Crippen LogP contribution in [0.15, 0.2) is 47.5 Å². The molecule has 33 heavy (non-hydrogen) atoms. The number of hydrogen-bond acceptors (Lipinski definition) is 5. The summed E-state index contributed by atoms with van der Waals surface area (Å²) >= 11 is 0. The van der Waals surface area contributed by atoms with Crippen molar-refractivity contribution in [1.29, 1.82) is 0 Å². The van der Waals surface area contributed by atoms with Crippen LogP contribution >= 0.6 is 0 Å². The minimum absolute atomic E-state index is 0.102. The van der Waals surface area contributed by atoms with Gasteiger partial charge in [0.15, 0.2) is 0 Å². The van der Waals surface area contributed by atoms with Crippen LogP contribution in [0.25, 0.3) is 0 Å². The number of piperidine rings is 1. The van der Waals surface area contributed by atoms with Gasteiger partial charge < -0.3 is 19.5 Å². The van der Waals surface area contributed by atoms with Gasteiger partial charge >= 0.3 is 5.97 Å². The number of hydrogen-bond donors (Lipinski definition) is 1. The first-order chi connectivity index (χ1) is 15.8. The molecule has 1 aromatic carbocycles. The van der Waals surface area contributed by atoms with E-state index in [9.17, 15) is 19.2 Å². The van der Waals surface area contributed by atoms with Crippen molar-refractivity contribution >= 4 is 17.8 Å². The number of carbonyl (C=O) groups excluding carboxylic acids is 3. The number of likely N-dealkylation sites (tertiary alicyclic amines) is 1. The monoisotopic (exact) mass is 453 g/mol. The summed E-state index contributed by atoms with van der Waals surface area (Å²) in [5.74, 6) is -1.56. The fourth-order valence-electron chi connectivity index (χ4n) is 3.98. The summed E-state index contributed by atoms with van der Waals surface area (Å²) in [6, 6.07) is 8.64. The molecule has 1 aromatic heterocycles. The molecule has 0 radical (unpaired) electrons. The van der Waals surface area contributed by atoms with Gasteiger partial charge in [0.05, 0.1) is 6.61 Å². The van der Waals surface area contributed by atoms with Crippen LogP contribution in [0.3, 0.4) is 0 Å². The Morgan fingerprint density at radius 2 is 1.79 bits per heavy atom. The fraction of sp³-hybridized carbons (Fsp3) is 0.440. The van der Waals surface area contributed by atoms with Crippen LogP contribution in [0.5, 0.6) is 0 Å². The Bertz CT molecular complexity index is 1060. The molecule has 176 valence electrons. The molecule has 1 saturated heterocycles. The lowest BCUT2D eigenvalue weighted by molar-refractivity contribution is -0.149. The van der Waals surface area contributed by atoms with Gasteiger partial charge in [0, 0.05) is 31.5 Å². The third-order valence-corrected chi connectivity index (χ3v) is 5.50. The molecule has 0 saturated carbocycles. The van der Waals surface area contributed by atoms with Gasteiger partial charge in [0.1, 0.15) is 17.2 Å². The number of nitrogens with one attached hydrogen (secondary N) is 1. The molecular weight excluding hydrogens is 422 g/mol. The Hall–Kier alpha value is -3.42. The van der Waals surface area contributed by atoms with E-state index in [1.54, 1.807) is 25.3 Å². The first kappa shape index (κ1) is 24.2. The Labute approximate surface area is 193 Å². The maximum absolute atomic E-state index is 13.5. The highest BCUT2D eigenvalue weighted by atomic mass is 16.5. The van der Waals surface area contributed by atoms with Gasteiger partial charge in [0.2, 0.25) is 5.43 Å². The number of rotatable bonds is 7. The van der Waals surface area contributed by atoms with Crippen LogP contribution in [0.2, 0.25) is 0 Å². The van der Waals surface area contributed by atoms with Crippen molar-refractivity contribution in [3.63, 3.8) is 0 Å². The van der Waals surface area contributed by atoms with Crippen LogP contribution in [-0.2, 0) is 16.1 Å². The van der Waals surface area contributed by atoms with E-state index in [0.717, 1.165) is 18.4 Å². The molecule has 0 bridgehead atoms. The fourth-order valence-corrected chi connectivity index (χ4v) is 3.98. The van der Waals surface area contributed by atoms with Crippen molar-refractivity contribution in [3.8, 4) is 0 Å². The van der Waals surface area contributed by atoms with Crippen LogP contribution in [0.4, 0.5) is 0 Å². The van der Waals surface area contributed by atoms with E-state index in [1.165, 1.54) is 17.3 Å². The van der Waals surface area contributed by atoms with Crippen molar-refractivity contribution < 1.29 is 19.1 Å². The Kier molecular flexibility index (Phi) is 8.03. The second-order valence-electron chi connectivity index (χ2n) is 8.46. The Morgan fingerprint density at radius 1 is 1.09 bits per heavy atom. The van der Waals surface area contributed by atoms with E-state index >= 15 is 0 Å². The summed E-state index contributed by atoms with van der Waals surface area (Å²) in [6.45, 7) is 6.26. The van der Waals surface area contributed by atoms with Crippen LogP contribution < -0.4 is 10.7 Å². The maximum atomic E-state index is 13.5. The second-order valence-corrected chi connectivity index (χ2v) is 8.46. The number of ether oxygens (including phenoxy) is 1. The number of esters is 1. The summed E-state index contributed by atoms with van der Waals surface area (Å²) in [4.78, 5) is 53.4. The van der Waals surface area contributed by atoms with E-state index in [2.05, 4.69) is 5.32 Å². The summed E-state index contributed by atoms with van der Waals surface area (Å²) in [5, 5.41) is 2.73. The van der Waals surface area contributed by atoms with E-state index in [1.807, 2.05) is 30.3 Å². The van der Waals surface area contributed by atoms with Crippen molar-refractivity contribution in [2.24, 2.45) is 0 Å². The standard InChI is InChI=1S/C25H31N3O5/c1-4-33-25(32)21-12-8-9-13-28(21)24(31)20-16-27(14-18-10-6-5-7-11-18)15-19(22(20)29)23(30)26-17(2)3/h5-7,10-11,15-17,21H,4,8-9,12-14H2,1-3H3,(H,26,30). The molecule has 2 amide bonds. The summed E-state index contributed by atoms with van der Waals surface area (Å²) in [5.41, 5.74) is 0.0847. The number of benzene rings is 1. The van der Waals surface area contributed by atoms with Gasteiger partial charge in [0.25, 0.3) is 11.8 Å². The molecule has 1 aliphatic heterocycles. The predicted octanol–water partition coefficient (Wildman–Crippen LogP) is 2.59. The number of amides is 2. The second kappa shape index (κ2) is 10.9. The minimum atomic E-state index is -0.735. The molecule has 1 unspecified atom stereocenters. The predicted molar refractivity (Wildman–Crippen MR) is 124 cm³/mol. The van der Waals surface area contributed by atoms with E-state index in [4.69, 9.17) is 4.74 Å². The normalized spacial score (nSPS) is 15.9. The van der Waals surface area contributed by atoms with E-state index < -0.39 is 29.3 Å². The topological polar surface area (TPSA) is 97.7 Å². The third-order valence-electron chi connectivity index (χ3n) is 5.50. The lowest BCUT2D eigenvalue weighted by Gasteiger charge is -2.34. The molecule has 8 heteroatoms. The van der Waals surface area contributed by atoms with Gasteiger partial charge in [-0.3, -0.25) is 14.4 Å². The zero-order chi connectivity index (χ0) is 24.0. The first-order valence-corrected chi connectivity index (χ1v) is 11.4. The van der Waals surface area contributed by atoms with Gasteiger partial charge in [-0.15, -0.1) is 0 Å². The van der Waals surface area contributed by atoms with E-state index in [-0.39, 0.29) is 23.8 Å². The third kappa shape index (κ3) is 5.88. The average molecular weight is 454 g/mol. The van der Waals surface area contributed by atoms with Crippen LogP contribution in [0, 0.1) is 0 Å². The Morgan fingerprint density at radius 3 is 2.45 bits per heavy atom. The lowest BCUT2D eigenvalue weighted by Crippen LogP contribution is -2.50. The first-order valence-electron chi connectivity index (χ1n) is 11.4. The highest BCUT2D eigenvalue weighted by Crippen LogP contribution is 2.20. The highest BCUT2D eigenvalue weighted by molar-refractivity contribution is 6.00. The molecule has 2 aromatic rings. The number of nitrogens with zero attached hydrogens (tertiary/aromatic N) is 2. The molecule has 0 aliphatic carbocycles. The molecule has 8 nitrogen and oxygen atoms in total. The van der Waals surface area contributed by atoms with Crippen molar-refractivity contribution in [1.82, 2.24) is 14.8 Å². The van der Waals surface area contributed by atoms with Gasteiger partial charge in [-0.2, -0.15) is 0 Å². The molecule has 1 fully saturated rings. The molecule has 0 spiro atoms. The van der Waals surface area contributed by atoms with E-state index in [0.29, 0.717) is 19.5 Å². The molecular formula is C25H31N3O5. The van der Waals surface area contributed by atoms with Crippen LogP contribution in [0.1, 0.15) is 66.3 Å². The molecule has 1 atom stereocenters. The SMILES string of the molecule is CCOC(=O)C1CCCCN1C(=O)c1cn(Cc2ccccc2)cc(C(=O)NC(C)C)c1=O. The Balaban J connectivity index is 2.03. The summed E-state index contributed by atoms with van der Waals surface area (Å²) in [7, 11) is 0. The molecule has 2 heterocycles. The largest absolute Gasteiger partial charge is 0.464 e. The van der Waals surface area contributed by atoms with Gasteiger partial charge in [-0.1, -0.05) is 30.3 Å². The quantitative estimate of drug-likeness (QED) is 0.650. The average Bonchev–Trinajstić information content (AvgIpc) is 2.80. The van der Waals surface area contributed by atoms with Gasteiger partial charge in [-0.25, -0.2) is 4.79 Å². The van der Waals surface area contributed by atoms with Crippen LogP contribution in [-0.4, -0.2) is 52.5 Å². The molecule has 1 aliphatic rings. The number of carbonyl (C=O) groups is 3. The van der Waals surface area contributed by atoms with Crippen molar-refractivity contribution in [2.45, 2.75) is 58.7 Å². The van der Waals surface area contributed by atoms with Crippen molar-refractivity contribution in [2.75, 3.05) is 13.2 Å². The highest BCUT2D eigenvalue weighted by Gasteiger charge is 2.35. The maximum Gasteiger partial charge on any atom is 0.328 e. The number of pyridine rings is 1. The zero-order valence-corrected chi connectivity index (χ0v) is 19.4. The molecule has 3 rings (SSSR count). The lowest BCUT2D eigenvalue weighted by atomic mass is 10.0. The van der Waals surface area contributed by atoms with Gasteiger partial charge in [-0.05, 0) is 45.6 Å². The van der Waals surface area contributed by atoms with Crippen molar-refractivity contribution in [3.05, 3.63) is 69.6 Å². The minimum Gasteiger partial charge on any atom is -0.464 e. The smallest absolute Gasteiger partial charge is 0.328 e. The summed E-state index contributed by atoms with van der Waals surface area (Å²) in [6.07, 6.45) is 4.95. The molecule has 1 N–H and O–H groups in total. The zero-order valence-electron chi connectivity index (χ0n) is 19.4.